The van der Waals surface area contributed by atoms with E-state index in [9.17, 15) is 4.79 Å². The van der Waals surface area contributed by atoms with Gasteiger partial charge in [-0.15, -0.1) is 10.5 Å². The van der Waals surface area contributed by atoms with Gasteiger partial charge in [0.15, 0.2) is 0 Å². The van der Waals surface area contributed by atoms with Crippen LogP contribution < -0.4 is 0 Å². The summed E-state index contributed by atoms with van der Waals surface area (Å²) in [5.74, 6) is 0. The topological polar surface area (TPSA) is 78.3 Å². The lowest BCUT2D eigenvalue weighted by Crippen LogP contribution is -2.37. The third kappa shape index (κ3) is 3.90. The van der Waals surface area contributed by atoms with Crippen molar-refractivity contribution in [2.24, 2.45) is 5.22 Å². The summed E-state index contributed by atoms with van der Waals surface area (Å²) < 4.78 is 5.22. The summed E-state index contributed by atoms with van der Waals surface area (Å²) in [6.07, 6.45) is 4.42. The zero-order chi connectivity index (χ0) is 14.2. The molecule has 6 nitrogen and oxygen atoms in total. The van der Waals surface area contributed by atoms with E-state index in [-0.39, 0.29) is 12.6 Å². The number of hydrogen-bond acceptors (Lipinski definition) is 3. The molecule has 0 unspecified atom stereocenters. The molecule has 1 amide bonds. The number of hydrogen-bond donors (Lipinski definition) is 0. The second-order valence-corrected chi connectivity index (χ2v) is 4.86. The van der Waals surface area contributed by atoms with Crippen LogP contribution in [0.3, 0.4) is 0 Å². The van der Waals surface area contributed by atoms with Crippen LogP contribution in [0.4, 0.5) is 4.79 Å². The second kappa shape index (κ2) is 7.40. The molecule has 1 aromatic rings. The molecule has 2 rings (SSSR count). The Morgan fingerprint density at radius 3 is 2.65 bits per heavy atom. The van der Waals surface area contributed by atoms with E-state index in [0.29, 0.717) is 0 Å². The molecule has 1 aliphatic rings. The molecule has 20 heavy (non-hydrogen) atoms. The summed E-state index contributed by atoms with van der Waals surface area (Å²) >= 11 is 0. The highest BCUT2D eigenvalue weighted by atomic mass is 16.6. The van der Waals surface area contributed by atoms with Crippen molar-refractivity contribution in [3.05, 3.63) is 46.3 Å². The minimum atomic E-state index is -0.571. The van der Waals surface area contributed by atoms with Crippen LogP contribution in [0.1, 0.15) is 37.7 Å². The first-order valence-electron chi connectivity index (χ1n) is 6.86. The number of azide groups is 1. The molecule has 0 saturated heterocycles. The first kappa shape index (κ1) is 14.2. The van der Waals surface area contributed by atoms with Gasteiger partial charge in [0.05, 0.1) is 0 Å². The Bertz CT molecular complexity index is 479. The summed E-state index contributed by atoms with van der Waals surface area (Å²) in [5, 5.41) is 4.65. The third-order valence-electron chi connectivity index (χ3n) is 3.45. The number of ether oxygens (including phenoxy) is 1. The van der Waals surface area contributed by atoms with E-state index >= 15 is 0 Å². The van der Waals surface area contributed by atoms with Crippen LogP contribution in [0.25, 0.3) is 10.4 Å². The Labute approximate surface area is 117 Å². The van der Waals surface area contributed by atoms with Gasteiger partial charge in [0, 0.05) is 0 Å². The van der Waals surface area contributed by atoms with E-state index in [1.165, 1.54) is 6.42 Å². The molecule has 1 aromatic carbocycles. The van der Waals surface area contributed by atoms with Gasteiger partial charge in [-0.05, 0) is 36.5 Å². The lowest BCUT2D eigenvalue weighted by Gasteiger charge is -2.25. The van der Waals surface area contributed by atoms with Gasteiger partial charge < -0.3 is 4.74 Å². The maximum Gasteiger partial charge on any atom is 0.510 e. The highest BCUT2D eigenvalue weighted by Crippen LogP contribution is 2.23. The maximum absolute atomic E-state index is 12.0. The molecule has 6 heteroatoms. The molecule has 0 aliphatic heterocycles. The van der Waals surface area contributed by atoms with E-state index in [4.69, 9.17) is 10.3 Å². The standard InChI is InChI=1S/C14H18N4O2/c15-16-17-18(13-9-5-2-6-10-13)14(19)20-11-12-7-3-1-4-8-12/h1,3-4,7-8,13H,2,5-6,9-11H2. The molecule has 0 radical (unpaired) electrons. The Balaban J connectivity index is 1.94. The van der Waals surface area contributed by atoms with Crippen LogP contribution in [0.5, 0.6) is 0 Å². The number of amides is 1. The van der Waals surface area contributed by atoms with Gasteiger partial charge in [0.2, 0.25) is 0 Å². The normalized spacial score (nSPS) is 15.2. The smallest absolute Gasteiger partial charge is 0.426 e. The minimum Gasteiger partial charge on any atom is -0.426 e. The molecule has 1 saturated carbocycles. The molecule has 0 N–H and O–H groups in total. The third-order valence-corrected chi connectivity index (χ3v) is 3.45. The molecular weight excluding hydrogens is 256 g/mol. The maximum atomic E-state index is 12.0. The van der Waals surface area contributed by atoms with E-state index in [1.807, 2.05) is 30.3 Å². The summed E-state index contributed by atoms with van der Waals surface area (Å²) in [7, 11) is 0. The number of benzene rings is 1. The fourth-order valence-electron chi connectivity index (χ4n) is 2.41. The average Bonchev–Trinajstić information content (AvgIpc) is 2.52. The van der Waals surface area contributed by atoms with Crippen LogP contribution in [-0.2, 0) is 11.3 Å². The lowest BCUT2D eigenvalue weighted by atomic mass is 9.95. The molecule has 1 aliphatic carbocycles. The SMILES string of the molecule is [N-]=[N+]=NN(C(=O)OCc1ccccc1)C1CCCCC1. The molecular formula is C14H18N4O2. The van der Waals surface area contributed by atoms with Crippen molar-refractivity contribution in [3.63, 3.8) is 0 Å². The quantitative estimate of drug-likeness (QED) is 0.357. The molecule has 0 aromatic heterocycles. The molecule has 0 bridgehead atoms. The molecule has 1 fully saturated rings. The minimum absolute atomic E-state index is 0.0390. The lowest BCUT2D eigenvalue weighted by molar-refractivity contribution is 0.0721. The van der Waals surface area contributed by atoms with E-state index in [2.05, 4.69) is 10.1 Å². The van der Waals surface area contributed by atoms with Crippen molar-refractivity contribution < 1.29 is 9.53 Å². The zero-order valence-corrected chi connectivity index (χ0v) is 11.3. The predicted octanol–water partition coefficient (Wildman–Crippen LogP) is 4.18. The van der Waals surface area contributed by atoms with E-state index in [0.717, 1.165) is 36.3 Å². The van der Waals surface area contributed by atoms with Crippen molar-refractivity contribution in [1.82, 2.24) is 5.01 Å². The fraction of sp³-hybridized carbons (Fsp3) is 0.500. The van der Waals surface area contributed by atoms with E-state index < -0.39 is 6.09 Å². The summed E-state index contributed by atoms with van der Waals surface area (Å²) in [6.45, 7) is 0.184. The highest BCUT2D eigenvalue weighted by Gasteiger charge is 2.30. The Kier molecular flexibility index (Phi) is 5.26. The van der Waals surface area contributed by atoms with Gasteiger partial charge in [-0.1, -0.05) is 36.8 Å². The van der Waals surface area contributed by atoms with Crippen LogP contribution in [0.2, 0.25) is 0 Å². The van der Waals surface area contributed by atoms with Crippen molar-refractivity contribution in [2.75, 3.05) is 0 Å². The Hall–Kier alpha value is -2.20. The largest absolute Gasteiger partial charge is 0.510 e. The Morgan fingerprint density at radius 2 is 2.00 bits per heavy atom. The predicted molar refractivity (Wildman–Crippen MR) is 74.5 cm³/mol. The van der Waals surface area contributed by atoms with Crippen molar-refractivity contribution in [2.45, 2.75) is 44.8 Å². The van der Waals surface area contributed by atoms with Crippen LogP contribution in [-0.4, -0.2) is 17.1 Å². The van der Waals surface area contributed by atoms with Gasteiger partial charge in [0.1, 0.15) is 12.6 Å². The second-order valence-electron chi connectivity index (χ2n) is 4.86. The van der Waals surface area contributed by atoms with Crippen LogP contribution in [0, 0.1) is 0 Å². The number of carbonyl (C=O) groups is 1. The zero-order valence-electron chi connectivity index (χ0n) is 11.3. The first-order valence-corrected chi connectivity index (χ1v) is 6.86. The Morgan fingerprint density at radius 1 is 1.30 bits per heavy atom. The van der Waals surface area contributed by atoms with E-state index in [1.54, 1.807) is 0 Å². The van der Waals surface area contributed by atoms with Gasteiger partial charge in [-0.3, -0.25) is 0 Å². The van der Waals surface area contributed by atoms with Crippen LogP contribution in [0.15, 0.2) is 35.6 Å². The number of rotatable bonds is 4. The first-order chi connectivity index (χ1) is 9.81. The van der Waals surface area contributed by atoms with Crippen molar-refractivity contribution in [1.29, 1.82) is 0 Å². The van der Waals surface area contributed by atoms with Gasteiger partial charge in [0.25, 0.3) is 0 Å². The summed E-state index contributed by atoms with van der Waals surface area (Å²) in [4.78, 5) is 14.8. The summed E-state index contributed by atoms with van der Waals surface area (Å²) in [5.41, 5.74) is 9.52. The fourth-order valence-corrected chi connectivity index (χ4v) is 2.41. The number of nitrogens with zero attached hydrogens (tertiary/aromatic N) is 4. The van der Waals surface area contributed by atoms with Gasteiger partial charge >= 0.3 is 6.09 Å². The van der Waals surface area contributed by atoms with Crippen LogP contribution >= 0.6 is 0 Å². The molecule has 0 atom stereocenters. The van der Waals surface area contributed by atoms with Crippen molar-refractivity contribution in [3.8, 4) is 0 Å². The highest BCUT2D eigenvalue weighted by molar-refractivity contribution is 5.67. The molecule has 106 valence electrons. The average molecular weight is 274 g/mol. The molecule has 0 heterocycles. The number of carbonyl (C=O) groups excluding carboxylic acids is 1. The van der Waals surface area contributed by atoms with Gasteiger partial charge in [-0.25, -0.2) is 0 Å². The van der Waals surface area contributed by atoms with Gasteiger partial charge in [-0.2, -0.15) is 9.71 Å². The summed E-state index contributed by atoms with van der Waals surface area (Å²) in [6, 6.07) is 9.39. The van der Waals surface area contributed by atoms with Crippen molar-refractivity contribution >= 4 is 6.09 Å². The monoisotopic (exact) mass is 274 g/mol. The molecule has 0 spiro atoms.